The molecule has 0 saturated carbocycles. The van der Waals surface area contributed by atoms with Gasteiger partial charge in [0.25, 0.3) is 5.91 Å². The van der Waals surface area contributed by atoms with E-state index in [1.807, 2.05) is 6.92 Å². The number of nitrogens with zero attached hydrogens (tertiary/aromatic N) is 3. The first-order valence-corrected chi connectivity index (χ1v) is 7.39. The smallest absolute Gasteiger partial charge is 0.291 e. The summed E-state index contributed by atoms with van der Waals surface area (Å²) in [5.74, 6) is 1.66. The van der Waals surface area contributed by atoms with Gasteiger partial charge in [-0.25, -0.2) is 4.98 Å². The molecule has 0 aliphatic carbocycles. The van der Waals surface area contributed by atoms with Gasteiger partial charge < -0.3 is 9.32 Å². The molecule has 0 radical (unpaired) electrons. The minimum atomic E-state index is -0.117. The maximum Gasteiger partial charge on any atom is 0.291 e. The summed E-state index contributed by atoms with van der Waals surface area (Å²) in [7, 11) is 0. The molecule has 0 aromatic carbocycles. The number of hydrogen-bond donors (Lipinski definition) is 1. The summed E-state index contributed by atoms with van der Waals surface area (Å²) in [5.41, 5.74) is 0. The molecule has 1 amide bonds. The Kier molecular flexibility index (Phi) is 3.60. The van der Waals surface area contributed by atoms with Crippen molar-refractivity contribution in [1.82, 2.24) is 20.1 Å². The first-order valence-electron chi connectivity index (χ1n) is 6.59. The van der Waals surface area contributed by atoms with Crippen molar-refractivity contribution in [3.8, 4) is 0 Å². The Hall–Kier alpha value is -1.63. The molecule has 2 aromatic heterocycles. The molecule has 20 heavy (non-hydrogen) atoms. The summed E-state index contributed by atoms with van der Waals surface area (Å²) in [6.45, 7) is 2.55. The normalized spacial score (nSPS) is 19.3. The Bertz CT molecular complexity index is 621. The second-order valence-electron chi connectivity index (χ2n) is 4.89. The average molecular weight is 339 g/mol. The maximum atomic E-state index is 12.6. The van der Waals surface area contributed by atoms with Crippen molar-refractivity contribution in [3.05, 3.63) is 34.2 Å². The second kappa shape index (κ2) is 5.40. The standard InChI is InChI=1S/C13H15BrN4O2/c1-8-15-12(17-16-8)10-4-2-3-6-18(10)13(19)11-9(14)5-7-20-11/h5,7,10H,2-4,6H2,1H3,(H,15,16,17). The number of nitrogens with one attached hydrogen (secondary N) is 1. The number of carbonyl (C=O) groups is 1. The van der Waals surface area contributed by atoms with E-state index in [0.717, 1.165) is 25.1 Å². The fourth-order valence-electron chi connectivity index (χ4n) is 2.53. The third-order valence-corrected chi connectivity index (χ3v) is 4.11. The number of rotatable bonds is 2. The molecule has 3 rings (SSSR count). The summed E-state index contributed by atoms with van der Waals surface area (Å²) in [5, 5.41) is 7.04. The van der Waals surface area contributed by atoms with E-state index in [0.29, 0.717) is 22.6 Å². The molecule has 1 atom stereocenters. The Morgan fingerprint density at radius 1 is 1.55 bits per heavy atom. The van der Waals surface area contributed by atoms with E-state index in [9.17, 15) is 4.79 Å². The van der Waals surface area contributed by atoms with Gasteiger partial charge in [0, 0.05) is 6.54 Å². The van der Waals surface area contributed by atoms with Crippen LogP contribution in [0.1, 0.15) is 47.5 Å². The Morgan fingerprint density at radius 3 is 3.05 bits per heavy atom. The van der Waals surface area contributed by atoms with E-state index in [1.54, 1.807) is 11.0 Å². The first-order chi connectivity index (χ1) is 9.66. The van der Waals surface area contributed by atoms with Crippen LogP contribution in [-0.2, 0) is 0 Å². The largest absolute Gasteiger partial charge is 0.458 e. The van der Waals surface area contributed by atoms with Gasteiger partial charge in [-0.3, -0.25) is 9.89 Å². The topological polar surface area (TPSA) is 75.0 Å². The molecular weight excluding hydrogens is 324 g/mol. The molecule has 1 aliphatic heterocycles. The molecule has 2 aromatic rings. The van der Waals surface area contributed by atoms with Gasteiger partial charge in [0.15, 0.2) is 5.82 Å². The lowest BCUT2D eigenvalue weighted by Crippen LogP contribution is -2.39. The number of likely N-dealkylation sites (tertiary alicyclic amines) is 1. The monoisotopic (exact) mass is 338 g/mol. The number of hydrogen-bond acceptors (Lipinski definition) is 4. The van der Waals surface area contributed by atoms with Gasteiger partial charge in [-0.15, -0.1) is 0 Å². The predicted octanol–water partition coefficient (Wildman–Crippen LogP) is 2.84. The predicted molar refractivity (Wildman–Crippen MR) is 75.2 cm³/mol. The summed E-state index contributed by atoms with van der Waals surface area (Å²) < 4.78 is 5.96. The SMILES string of the molecule is Cc1nc(C2CCCCN2C(=O)c2occc2Br)n[nH]1. The molecule has 7 heteroatoms. The highest BCUT2D eigenvalue weighted by molar-refractivity contribution is 9.10. The Labute approximate surface area is 124 Å². The van der Waals surface area contributed by atoms with Crippen molar-refractivity contribution >= 4 is 21.8 Å². The molecular formula is C13H15BrN4O2. The molecule has 1 unspecified atom stereocenters. The van der Waals surface area contributed by atoms with Crippen molar-refractivity contribution in [3.63, 3.8) is 0 Å². The number of piperidine rings is 1. The number of H-pyrrole nitrogens is 1. The molecule has 1 saturated heterocycles. The Morgan fingerprint density at radius 2 is 2.40 bits per heavy atom. The molecule has 3 heterocycles. The van der Waals surface area contributed by atoms with Crippen LogP contribution in [0.3, 0.4) is 0 Å². The van der Waals surface area contributed by atoms with E-state index in [-0.39, 0.29) is 11.9 Å². The number of halogens is 1. The van der Waals surface area contributed by atoms with Crippen LogP contribution < -0.4 is 0 Å². The summed E-state index contributed by atoms with van der Waals surface area (Å²) >= 11 is 3.34. The molecule has 106 valence electrons. The zero-order valence-electron chi connectivity index (χ0n) is 11.1. The van der Waals surface area contributed by atoms with Gasteiger partial charge in [0.05, 0.1) is 16.8 Å². The molecule has 1 aliphatic rings. The van der Waals surface area contributed by atoms with Crippen molar-refractivity contribution in [1.29, 1.82) is 0 Å². The highest BCUT2D eigenvalue weighted by Gasteiger charge is 2.33. The van der Waals surface area contributed by atoms with Crippen molar-refractivity contribution in [2.45, 2.75) is 32.2 Å². The van der Waals surface area contributed by atoms with Crippen LogP contribution in [0.2, 0.25) is 0 Å². The van der Waals surface area contributed by atoms with Crippen LogP contribution in [0.4, 0.5) is 0 Å². The van der Waals surface area contributed by atoms with E-state index < -0.39 is 0 Å². The van der Waals surface area contributed by atoms with Crippen LogP contribution in [0.15, 0.2) is 21.2 Å². The van der Waals surface area contributed by atoms with Crippen LogP contribution in [0.25, 0.3) is 0 Å². The van der Waals surface area contributed by atoms with Gasteiger partial charge in [-0.2, -0.15) is 5.10 Å². The van der Waals surface area contributed by atoms with Gasteiger partial charge >= 0.3 is 0 Å². The lowest BCUT2D eigenvalue weighted by Gasteiger charge is -2.33. The van der Waals surface area contributed by atoms with Gasteiger partial charge in [-0.05, 0) is 48.2 Å². The van der Waals surface area contributed by atoms with Gasteiger partial charge in [0.2, 0.25) is 5.76 Å². The highest BCUT2D eigenvalue weighted by atomic mass is 79.9. The fraction of sp³-hybridized carbons (Fsp3) is 0.462. The number of furan rings is 1. The summed E-state index contributed by atoms with van der Waals surface area (Å²) in [6, 6.07) is 1.64. The minimum Gasteiger partial charge on any atom is -0.458 e. The zero-order valence-corrected chi connectivity index (χ0v) is 12.7. The van der Waals surface area contributed by atoms with E-state index >= 15 is 0 Å². The minimum absolute atomic E-state index is 0.0850. The van der Waals surface area contributed by atoms with E-state index in [4.69, 9.17) is 4.42 Å². The summed E-state index contributed by atoms with van der Waals surface area (Å²) in [4.78, 5) is 18.8. The van der Waals surface area contributed by atoms with Crippen LogP contribution in [0, 0.1) is 6.92 Å². The highest BCUT2D eigenvalue weighted by Crippen LogP contribution is 2.31. The maximum absolute atomic E-state index is 12.6. The molecule has 1 N–H and O–H groups in total. The third-order valence-electron chi connectivity index (χ3n) is 3.49. The summed E-state index contributed by atoms with van der Waals surface area (Å²) in [6.07, 6.45) is 4.44. The number of aromatic nitrogens is 3. The fourth-order valence-corrected chi connectivity index (χ4v) is 2.90. The number of amides is 1. The number of aromatic amines is 1. The first kappa shape index (κ1) is 13.4. The average Bonchev–Trinajstić information content (AvgIpc) is 3.07. The van der Waals surface area contributed by atoms with Crippen LogP contribution in [-0.4, -0.2) is 32.5 Å². The lowest BCUT2D eigenvalue weighted by atomic mass is 10.0. The molecule has 0 bridgehead atoms. The van der Waals surface area contributed by atoms with Crippen molar-refractivity contribution < 1.29 is 9.21 Å². The third kappa shape index (κ3) is 2.37. The Balaban J connectivity index is 1.89. The molecule has 1 fully saturated rings. The van der Waals surface area contributed by atoms with Crippen LogP contribution >= 0.6 is 15.9 Å². The second-order valence-corrected chi connectivity index (χ2v) is 5.74. The number of aryl methyl sites for hydroxylation is 1. The van der Waals surface area contributed by atoms with Gasteiger partial charge in [-0.1, -0.05) is 0 Å². The van der Waals surface area contributed by atoms with Crippen molar-refractivity contribution in [2.75, 3.05) is 6.54 Å². The van der Waals surface area contributed by atoms with Crippen molar-refractivity contribution in [2.24, 2.45) is 0 Å². The van der Waals surface area contributed by atoms with Gasteiger partial charge in [0.1, 0.15) is 5.82 Å². The number of carbonyl (C=O) groups excluding carboxylic acids is 1. The van der Waals surface area contributed by atoms with E-state index in [1.165, 1.54) is 6.26 Å². The quantitative estimate of drug-likeness (QED) is 0.913. The van der Waals surface area contributed by atoms with Crippen LogP contribution in [0.5, 0.6) is 0 Å². The molecule has 6 nitrogen and oxygen atoms in total. The molecule has 0 spiro atoms. The van der Waals surface area contributed by atoms with E-state index in [2.05, 4.69) is 31.1 Å². The zero-order chi connectivity index (χ0) is 14.1. The lowest BCUT2D eigenvalue weighted by molar-refractivity contribution is 0.0566.